The molecule has 0 saturated carbocycles. The molecular formula is C16H16BrClO. The Balaban J connectivity index is 2.25. The second-order valence-electron chi connectivity index (χ2n) is 4.39. The highest BCUT2D eigenvalue weighted by Crippen LogP contribution is 2.36. The van der Waals surface area contributed by atoms with Gasteiger partial charge in [0.2, 0.25) is 0 Å². The summed E-state index contributed by atoms with van der Waals surface area (Å²) in [6.07, 6.45) is 0. The zero-order chi connectivity index (χ0) is 13.8. The van der Waals surface area contributed by atoms with Crippen LogP contribution in [0.25, 0.3) is 0 Å². The summed E-state index contributed by atoms with van der Waals surface area (Å²) in [5, 5.41) is 0.788. The van der Waals surface area contributed by atoms with Crippen LogP contribution in [0.15, 0.2) is 42.5 Å². The Labute approximate surface area is 127 Å². The molecule has 0 spiro atoms. The molecule has 2 aromatic rings. The van der Waals surface area contributed by atoms with E-state index in [1.54, 1.807) is 0 Å². The van der Waals surface area contributed by atoms with Gasteiger partial charge >= 0.3 is 0 Å². The molecule has 0 bridgehead atoms. The largest absolute Gasteiger partial charge is 0.494 e. The van der Waals surface area contributed by atoms with Crippen molar-refractivity contribution in [3.05, 3.63) is 64.2 Å². The molecule has 0 radical (unpaired) electrons. The molecule has 3 heteroatoms. The van der Waals surface area contributed by atoms with Crippen LogP contribution in [0.3, 0.4) is 0 Å². The van der Waals surface area contributed by atoms with Gasteiger partial charge in [-0.3, -0.25) is 0 Å². The third kappa shape index (κ3) is 3.52. The first kappa shape index (κ1) is 14.4. The average molecular weight is 340 g/mol. The number of hydrogen-bond acceptors (Lipinski definition) is 1. The molecule has 0 aliphatic heterocycles. The Bertz CT molecular complexity index is 551. The molecule has 1 nitrogen and oxygen atoms in total. The molecule has 19 heavy (non-hydrogen) atoms. The SMILES string of the molecule is CCOc1ccc(C(Br)c2ccc(C)cc2Cl)cc1. The smallest absolute Gasteiger partial charge is 0.119 e. The second-order valence-corrected chi connectivity index (χ2v) is 5.71. The molecule has 0 aliphatic rings. The maximum Gasteiger partial charge on any atom is 0.119 e. The van der Waals surface area contributed by atoms with Crippen LogP contribution in [0.5, 0.6) is 5.75 Å². The topological polar surface area (TPSA) is 9.23 Å². The first-order chi connectivity index (χ1) is 9.11. The number of hydrogen-bond donors (Lipinski definition) is 0. The van der Waals surface area contributed by atoms with Crippen LogP contribution < -0.4 is 4.74 Å². The zero-order valence-electron chi connectivity index (χ0n) is 11.0. The summed E-state index contributed by atoms with van der Waals surface area (Å²) in [7, 11) is 0. The van der Waals surface area contributed by atoms with Gasteiger partial charge in [0, 0.05) is 5.02 Å². The summed E-state index contributed by atoms with van der Waals surface area (Å²) in [4.78, 5) is 0.0938. The molecule has 0 heterocycles. The molecule has 1 atom stereocenters. The Morgan fingerprint density at radius 3 is 2.42 bits per heavy atom. The molecule has 2 aromatic carbocycles. The summed E-state index contributed by atoms with van der Waals surface area (Å²) in [6.45, 7) is 4.70. The minimum atomic E-state index is 0.0938. The number of alkyl halides is 1. The zero-order valence-corrected chi connectivity index (χ0v) is 13.3. The summed E-state index contributed by atoms with van der Waals surface area (Å²) >= 11 is 10.0. The fraction of sp³-hybridized carbons (Fsp3) is 0.250. The van der Waals surface area contributed by atoms with Crippen LogP contribution in [0, 0.1) is 6.92 Å². The van der Waals surface area contributed by atoms with Gasteiger partial charge in [-0.15, -0.1) is 0 Å². The number of rotatable bonds is 4. The maximum absolute atomic E-state index is 6.30. The van der Waals surface area contributed by atoms with Crippen molar-refractivity contribution in [1.29, 1.82) is 0 Å². The standard InChI is InChI=1S/C16H16BrClO/c1-3-19-13-7-5-12(6-8-13)16(17)14-9-4-11(2)10-15(14)18/h4-10,16H,3H2,1-2H3. The van der Waals surface area contributed by atoms with Crippen molar-refractivity contribution in [2.75, 3.05) is 6.61 Å². The van der Waals surface area contributed by atoms with Gasteiger partial charge in [0.15, 0.2) is 0 Å². The van der Waals surface area contributed by atoms with Gasteiger partial charge in [0.05, 0.1) is 11.4 Å². The van der Waals surface area contributed by atoms with E-state index in [1.807, 2.05) is 32.0 Å². The van der Waals surface area contributed by atoms with Gasteiger partial charge in [0.1, 0.15) is 5.75 Å². The van der Waals surface area contributed by atoms with Crippen LogP contribution in [-0.2, 0) is 0 Å². The summed E-state index contributed by atoms with van der Waals surface area (Å²) < 4.78 is 5.44. The van der Waals surface area contributed by atoms with Gasteiger partial charge in [-0.1, -0.05) is 51.8 Å². The van der Waals surface area contributed by atoms with Crippen molar-refractivity contribution in [1.82, 2.24) is 0 Å². The van der Waals surface area contributed by atoms with Crippen molar-refractivity contribution in [3.63, 3.8) is 0 Å². The van der Waals surface area contributed by atoms with Crippen LogP contribution in [0.1, 0.15) is 28.4 Å². The molecule has 2 rings (SSSR count). The van der Waals surface area contributed by atoms with Crippen molar-refractivity contribution in [2.24, 2.45) is 0 Å². The van der Waals surface area contributed by atoms with E-state index in [0.29, 0.717) is 6.61 Å². The first-order valence-corrected chi connectivity index (χ1v) is 7.54. The lowest BCUT2D eigenvalue weighted by Crippen LogP contribution is -1.96. The fourth-order valence-corrected chi connectivity index (χ4v) is 3.10. The van der Waals surface area contributed by atoms with Crippen LogP contribution in [0.4, 0.5) is 0 Å². The molecule has 0 aromatic heterocycles. The molecule has 0 N–H and O–H groups in total. The average Bonchev–Trinajstić information content (AvgIpc) is 2.39. The van der Waals surface area contributed by atoms with E-state index in [2.05, 4.69) is 40.2 Å². The van der Waals surface area contributed by atoms with E-state index in [1.165, 1.54) is 5.56 Å². The van der Waals surface area contributed by atoms with E-state index in [4.69, 9.17) is 16.3 Å². The van der Waals surface area contributed by atoms with Crippen LogP contribution >= 0.6 is 27.5 Å². The number of aryl methyl sites for hydroxylation is 1. The third-order valence-corrected chi connectivity index (χ3v) is 4.26. The van der Waals surface area contributed by atoms with Crippen molar-refractivity contribution in [2.45, 2.75) is 18.7 Å². The lowest BCUT2D eigenvalue weighted by molar-refractivity contribution is 0.340. The van der Waals surface area contributed by atoms with Gasteiger partial charge < -0.3 is 4.74 Å². The summed E-state index contributed by atoms with van der Waals surface area (Å²) in [5.74, 6) is 0.890. The maximum atomic E-state index is 6.30. The lowest BCUT2D eigenvalue weighted by Gasteiger charge is -2.14. The Morgan fingerprint density at radius 1 is 1.16 bits per heavy atom. The Morgan fingerprint density at radius 2 is 1.84 bits per heavy atom. The third-order valence-electron chi connectivity index (χ3n) is 2.91. The molecule has 1 unspecified atom stereocenters. The molecule has 0 saturated heterocycles. The van der Waals surface area contributed by atoms with E-state index in [-0.39, 0.29) is 4.83 Å². The monoisotopic (exact) mass is 338 g/mol. The molecule has 0 amide bonds. The van der Waals surface area contributed by atoms with Crippen molar-refractivity contribution < 1.29 is 4.74 Å². The van der Waals surface area contributed by atoms with E-state index in [9.17, 15) is 0 Å². The Hall–Kier alpha value is -0.990. The van der Waals surface area contributed by atoms with Gasteiger partial charge in [-0.05, 0) is 48.7 Å². The van der Waals surface area contributed by atoms with Crippen LogP contribution in [-0.4, -0.2) is 6.61 Å². The Kier molecular flexibility index (Phi) is 4.89. The van der Waals surface area contributed by atoms with Gasteiger partial charge in [-0.25, -0.2) is 0 Å². The summed E-state index contributed by atoms with van der Waals surface area (Å²) in [6, 6.07) is 14.2. The molecule has 0 aliphatic carbocycles. The van der Waals surface area contributed by atoms with E-state index >= 15 is 0 Å². The number of benzene rings is 2. The minimum Gasteiger partial charge on any atom is -0.494 e. The quantitative estimate of drug-likeness (QED) is 0.665. The molecule has 0 fully saturated rings. The van der Waals surface area contributed by atoms with Crippen molar-refractivity contribution in [3.8, 4) is 5.75 Å². The van der Waals surface area contributed by atoms with Crippen LogP contribution in [0.2, 0.25) is 5.02 Å². The normalized spacial score (nSPS) is 12.2. The van der Waals surface area contributed by atoms with Crippen molar-refractivity contribution >= 4 is 27.5 Å². The van der Waals surface area contributed by atoms with E-state index < -0.39 is 0 Å². The molecular weight excluding hydrogens is 324 g/mol. The predicted molar refractivity (Wildman–Crippen MR) is 84.6 cm³/mol. The number of ether oxygens (including phenoxy) is 1. The fourth-order valence-electron chi connectivity index (χ4n) is 1.92. The predicted octanol–water partition coefficient (Wildman–Crippen LogP) is 5.53. The second kappa shape index (κ2) is 6.44. The first-order valence-electron chi connectivity index (χ1n) is 6.24. The van der Waals surface area contributed by atoms with Gasteiger partial charge in [-0.2, -0.15) is 0 Å². The van der Waals surface area contributed by atoms with Gasteiger partial charge in [0.25, 0.3) is 0 Å². The lowest BCUT2D eigenvalue weighted by atomic mass is 10.0. The minimum absolute atomic E-state index is 0.0938. The highest BCUT2D eigenvalue weighted by atomic mass is 79.9. The highest BCUT2D eigenvalue weighted by molar-refractivity contribution is 9.09. The number of halogens is 2. The van der Waals surface area contributed by atoms with E-state index in [0.717, 1.165) is 21.9 Å². The molecule has 100 valence electrons. The highest BCUT2D eigenvalue weighted by Gasteiger charge is 2.13. The summed E-state index contributed by atoms with van der Waals surface area (Å²) in [5.41, 5.74) is 3.41.